The Morgan fingerprint density at radius 2 is 2.12 bits per heavy atom. The lowest BCUT2D eigenvalue weighted by Gasteiger charge is -2.21. The largest absolute Gasteiger partial charge is 0.317 e. The first-order chi connectivity index (χ1) is 8.11. The number of hydrogen-bond acceptors (Lipinski definition) is 1. The minimum atomic E-state index is -0.126. The Labute approximate surface area is 103 Å². The van der Waals surface area contributed by atoms with Crippen molar-refractivity contribution in [3.05, 3.63) is 35.1 Å². The Morgan fingerprint density at radius 3 is 2.71 bits per heavy atom. The van der Waals surface area contributed by atoms with E-state index in [0.717, 1.165) is 17.9 Å². The third kappa shape index (κ3) is 2.68. The fraction of sp³-hybridized carbons (Fsp3) is 0.600. The van der Waals surface area contributed by atoms with E-state index in [9.17, 15) is 4.39 Å². The molecule has 0 amide bonds. The van der Waals surface area contributed by atoms with Crippen LogP contribution in [0.3, 0.4) is 0 Å². The number of hydrogen-bond donors (Lipinski definition) is 1. The van der Waals surface area contributed by atoms with Crippen molar-refractivity contribution in [1.82, 2.24) is 5.32 Å². The molecule has 0 bridgehead atoms. The van der Waals surface area contributed by atoms with Crippen LogP contribution in [0.25, 0.3) is 0 Å². The normalized spacial score (nSPS) is 28.6. The predicted octanol–water partition coefficient (Wildman–Crippen LogP) is 3.31. The maximum atomic E-state index is 13.0. The van der Waals surface area contributed by atoms with Gasteiger partial charge in [0.1, 0.15) is 5.82 Å². The van der Waals surface area contributed by atoms with Crippen molar-refractivity contribution in [2.45, 2.75) is 39.2 Å². The Balaban J connectivity index is 2.06. The summed E-state index contributed by atoms with van der Waals surface area (Å²) >= 11 is 0. The van der Waals surface area contributed by atoms with Crippen molar-refractivity contribution >= 4 is 0 Å². The zero-order valence-electron chi connectivity index (χ0n) is 11.0. The van der Waals surface area contributed by atoms with Crippen LogP contribution in [0.1, 0.15) is 30.9 Å². The van der Waals surface area contributed by atoms with Crippen LogP contribution in [-0.2, 0) is 6.42 Å². The molecular weight excluding hydrogens is 213 g/mol. The van der Waals surface area contributed by atoms with Gasteiger partial charge in [0.15, 0.2) is 0 Å². The molecule has 2 rings (SSSR count). The summed E-state index contributed by atoms with van der Waals surface area (Å²) in [5.74, 6) is 1.32. The highest BCUT2D eigenvalue weighted by Gasteiger charge is 2.31. The van der Waals surface area contributed by atoms with E-state index in [4.69, 9.17) is 0 Å². The zero-order valence-corrected chi connectivity index (χ0v) is 11.0. The van der Waals surface area contributed by atoms with E-state index in [-0.39, 0.29) is 5.82 Å². The summed E-state index contributed by atoms with van der Waals surface area (Å²) in [6.45, 7) is 4.34. The van der Waals surface area contributed by atoms with E-state index >= 15 is 0 Å². The number of halogens is 1. The molecule has 0 spiro atoms. The molecule has 1 aliphatic carbocycles. The van der Waals surface area contributed by atoms with Crippen LogP contribution in [0.15, 0.2) is 18.2 Å². The second-order valence-corrected chi connectivity index (χ2v) is 5.37. The zero-order chi connectivity index (χ0) is 12.4. The minimum absolute atomic E-state index is 0.126. The van der Waals surface area contributed by atoms with Gasteiger partial charge in [-0.05, 0) is 68.3 Å². The second-order valence-electron chi connectivity index (χ2n) is 5.37. The second kappa shape index (κ2) is 5.18. The summed E-state index contributed by atoms with van der Waals surface area (Å²) in [6, 6.07) is 5.83. The van der Waals surface area contributed by atoms with Crippen LogP contribution >= 0.6 is 0 Å². The van der Waals surface area contributed by atoms with Crippen molar-refractivity contribution < 1.29 is 4.39 Å². The summed E-state index contributed by atoms with van der Waals surface area (Å²) in [6.07, 6.45) is 3.64. The number of aryl methyl sites for hydroxylation is 1. The molecule has 3 unspecified atom stereocenters. The van der Waals surface area contributed by atoms with Crippen LogP contribution < -0.4 is 5.32 Å². The summed E-state index contributed by atoms with van der Waals surface area (Å²) in [5.41, 5.74) is 2.39. The van der Waals surface area contributed by atoms with Crippen LogP contribution in [0.2, 0.25) is 0 Å². The van der Waals surface area contributed by atoms with Crippen molar-refractivity contribution in [1.29, 1.82) is 0 Å². The van der Waals surface area contributed by atoms with Gasteiger partial charge in [-0.15, -0.1) is 0 Å². The van der Waals surface area contributed by atoms with Gasteiger partial charge in [0.05, 0.1) is 0 Å². The number of nitrogens with one attached hydrogen (secondary N) is 1. The molecule has 0 heterocycles. The van der Waals surface area contributed by atoms with E-state index in [0.29, 0.717) is 12.0 Å². The molecule has 3 atom stereocenters. The quantitative estimate of drug-likeness (QED) is 0.847. The van der Waals surface area contributed by atoms with E-state index in [1.54, 1.807) is 12.1 Å². The van der Waals surface area contributed by atoms with Gasteiger partial charge in [-0.3, -0.25) is 0 Å². The molecule has 1 N–H and O–H groups in total. The first-order valence-corrected chi connectivity index (χ1v) is 6.54. The molecule has 0 saturated heterocycles. The molecule has 1 nitrogen and oxygen atoms in total. The standard InChI is InChI=1S/C15H22FN/c1-10-8-14(16)6-4-12(10)9-13-5-7-15(17-3)11(13)2/h4,6,8,11,13,15,17H,5,7,9H2,1-3H3. The van der Waals surface area contributed by atoms with Gasteiger partial charge in [0.2, 0.25) is 0 Å². The van der Waals surface area contributed by atoms with Crippen LogP contribution in [0, 0.1) is 24.6 Å². The van der Waals surface area contributed by atoms with Gasteiger partial charge in [-0.25, -0.2) is 4.39 Å². The molecule has 94 valence electrons. The Hall–Kier alpha value is -0.890. The number of rotatable bonds is 3. The molecule has 0 radical (unpaired) electrons. The highest BCUT2D eigenvalue weighted by Crippen LogP contribution is 2.34. The molecule has 0 aliphatic heterocycles. The predicted molar refractivity (Wildman–Crippen MR) is 69.6 cm³/mol. The summed E-state index contributed by atoms with van der Waals surface area (Å²) in [7, 11) is 2.05. The maximum Gasteiger partial charge on any atom is 0.123 e. The Morgan fingerprint density at radius 1 is 1.35 bits per heavy atom. The van der Waals surface area contributed by atoms with Gasteiger partial charge in [0.25, 0.3) is 0 Å². The highest BCUT2D eigenvalue weighted by molar-refractivity contribution is 5.27. The van der Waals surface area contributed by atoms with E-state index in [2.05, 4.69) is 12.2 Å². The molecule has 2 heteroatoms. The average molecular weight is 235 g/mol. The van der Waals surface area contributed by atoms with Crippen molar-refractivity contribution in [3.63, 3.8) is 0 Å². The van der Waals surface area contributed by atoms with Gasteiger partial charge < -0.3 is 5.32 Å². The summed E-state index contributed by atoms with van der Waals surface area (Å²) in [4.78, 5) is 0. The fourth-order valence-electron chi connectivity index (χ4n) is 3.11. The van der Waals surface area contributed by atoms with Gasteiger partial charge >= 0.3 is 0 Å². The molecule has 1 fully saturated rings. The monoisotopic (exact) mass is 235 g/mol. The smallest absolute Gasteiger partial charge is 0.123 e. The van der Waals surface area contributed by atoms with Crippen LogP contribution in [0.4, 0.5) is 4.39 Å². The molecule has 1 aromatic carbocycles. The van der Waals surface area contributed by atoms with Crippen molar-refractivity contribution in [3.8, 4) is 0 Å². The lowest BCUT2D eigenvalue weighted by atomic mass is 9.88. The minimum Gasteiger partial charge on any atom is -0.317 e. The Bertz CT molecular complexity index is 389. The molecule has 1 saturated carbocycles. The fourth-order valence-corrected chi connectivity index (χ4v) is 3.11. The third-order valence-corrected chi connectivity index (χ3v) is 4.38. The van der Waals surface area contributed by atoms with E-state index in [1.807, 2.05) is 20.0 Å². The SMILES string of the molecule is CNC1CCC(Cc2ccc(F)cc2C)C1C. The van der Waals surface area contributed by atoms with Crippen LogP contribution in [0.5, 0.6) is 0 Å². The third-order valence-electron chi connectivity index (χ3n) is 4.38. The first kappa shape index (κ1) is 12.6. The first-order valence-electron chi connectivity index (χ1n) is 6.54. The topological polar surface area (TPSA) is 12.0 Å². The average Bonchev–Trinajstić information content (AvgIpc) is 2.64. The summed E-state index contributed by atoms with van der Waals surface area (Å²) < 4.78 is 13.0. The molecule has 17 heavy (non-hydrogen) atoms. The van der Waals surface area contributed by atoms with E-state index in [1.165, 1.54) is 18.4 Å². The van der Waals surface area contributed by atoms with Gasteiger partial charge in [0, 0.05) is 6.04 Å². The molecule has 1 aromatic rings. The lowest BCUT2D eigenvalue weighted by Crippen LogP contribution is -2.29. The lowest BCUT2D eigenvalue weighted by molar-refractivity contribution is 0.363. The maximum absolute atomic E-state index is 13.0. The Kier molecular flexibility index (Phi) is 3.82. The van der Waals surface area contributed by atoms with E-state index < -0.39 is 0 Å². The summed E-state index contributed by atoms with van der Waals surface area (Å²) in [5, 5.41) is 3.39. The van der Waals surface area contributed by atoms with Gasteiger partial charge in [-0.1, -0.05) is 13.0 Å². The molecule has 1 aliphatic rings. The van der Waals surface area contributed by atoms with Crippen molar-refractivity contribution in [2.75, 3.05) is 7.05 Å². The number of benzene rings is 1. The van der Waals surface area contributed by atoms with Crippen molar-refractivity contribution in [2.24, 2.45) is 11.8 Å². The van der Waals surface area contributed by atoms with Gasteiger partial charge in [-0.2, -0.15) is 0 Å². The molecular formula is C15H22FN. The van der Waals surface area contributed by atoms with Crippen LogP contribution in [-0.4, -0.2) is 13.1 Å². The molecule has 0 aromatic heterocycles. The highest BCUT2D eigenvalue weighted by atomic mass is 19.1.